The van der Waals surface area contributed by atoms with Gasteiger partial charge in [0.1, 0.15) is 5.75 Å². The lowest BCUT2D eigenvalue weighted by Crippen LogP contribution is -2.19. The summed E-state index contributed by atoms with van der Waals surface area (Å²) in [4.78, 5) is 10.4. The Morgan fingerprint density at radius 1 is 0.944 bits per heavy atom. The fourth-order valence-corrected chi connectivity index (χ4v) is 1.65. The minimum absolute atomic E-state index is 0.237. The van der Waals surface area contributed by atoms with Crippen LogP contribution in [0.4, 0.5) is 4.79 Å². The Bertz CT molecular complexity index is 532. The molecular formula is C14H13NO3. The lowest BCUT2D eigenvalue weighted by molar-refractivity contribution is 0.194. The Labute approximate surface area is 105 Å². The number of hydrogen-bond donors (Lipinski definition) is 3. The van der Waals surface area contributed by atoms with Crippen molar-refractivity contribution in [2.75, 3.05) is 0 Å². The van der Waals surface area contributed by atoms with Gasteiger partial charge < -0.3 is 15.5 Å². The second-order valence-corrected chi connectivity index (χ2v) is 3.90. The number of benzene rings is 2. The van der Waals surface area contributed by atoms with Crippen LogP contribution in [0, 0.1) is 0 Å². The van der Waals surface area contributed by atoms with Crippen LogP contribution in [-0.2, 0) is 6.54 Å². The lowest BCUT2D eigenvalue weighted by Gasteiger charge is -2.05. The average Bonchev–Trinajstić information content (AvgIpc) is 2.38. The van der Waals surface area contributed by atoms with Crippen LogP contribution in [0.5, 0.6) is 5.75 Å². The van der Waals surface area contributed by atoms with Gasteiger partial charge in [-0.2, -0.15) is 0 Å². The molecule has 4 nitrogen and oxygen atoms in total. The van der Waals surface area contributed by atoms with E-state index in [0.717, 1.165) is 16.7 Å². The summed E-state index contributed by atoms with van der Waals surface area (Å²) >= 11 is 0. The average molecular weight is 243 g/mol. The maximum absolute atomic E-state index is 10.4. The van der Waals surface area contributed by atoms with Crippen molar-refractivity contribution in [2.24, 2.45) is 0 Å². The molecule has 2 aromatic carbocycles. The van der Waals surface area contributed by atoms with Crippen molar-refractivity contribution >= 4 is 6.09 Å². The van der Waals surface area contributed by atoms with Crippen molar-refractivity contribution in [3.63, 3.8) is 0 Å². The summed E-state index contributed by atoms with van der Waals surface area (Å²) in [6.45, 7) is 0.297. The summed E-state index contributed by atoms with van der Waals surface area (Å²) < 4.78 is 0. The second kappa shape index (κ2) is 5.23. The zero-order valence-corrected chi connectivity index (χ0v) is 9.63. The third-order valence-corrected chi connectivity index (χ3v) is 2.60. The van der Waals surface area contributed by atoms with Gasteiger partial charge in [0, 0.05) is 6.54 Å². The van der Waals surface area contributed by atoms with Crippen molar-refractivity contribution in [3.8, 4) is 16.9 Å². The molecule has 92 valence electrons. The van der Waals surface area contributed by atoms with Gasteiger partial charge >= 0.3 is 6.09 Å². The maximum atomic E-state index is 10.4. The topological polar surface area (TPSA) is 69.6 Å². The quantitative estimate of drug-likeness (QED) is 0.776. The largest absolute Gasteiger partial charge is 0.508 e. The van der Waals surface area contributed by atoms with E-state index in [0.29, 0.717) is 6.54 Å². The molecule has 1 amide bonds. The van der Waals surface area contributed by atoms with Crippen LogP contribution in [0.1, 0.15) is 5.56 Å². The van der Waals surface area contributed by atoms with Crippen molar-refractivity contribution in [1.29, 1.82) is 0 Å². The molecular weight excluding hydrogens is 230 g/mol. The molecule has 18 heavy (non-hydrogen) atoms. The van der Waals surface area contributed by atoms with Crippen molar-refractivity contribution in [3.05, 3.63) is 54.1 Å². The standard InChI is InChI=1S/C14H13NO3/c16-13-7-5-12(6-8-13)11-3-1-10(2-4-11)9-15-14(17)18/h1-8,15-16H,9H2,(H,17,18). The molecule has 0 unspecified atom stereocenters. The first-order valence-corrected chi connectivity index (χ1v) is 5.50. The monoisotopic (exact) mass is 243 g/mol. The number of carboxylic acid groups (broad SMARTS) is 1. The molecule has 3 N–H and O–H groups in total. The van der Waals surface area contributed by atoms with Crippen LogP contribution >= 0.6 is 0 Å². The first-order valence-electron chi connectivity index (χ1n) is 5.50. The number of carbonyl (C=O) groups is 1. The van der Waals surface area contributed by atoms with E-state index in [2.05, 4.69) is 5.32 Å². The molecule has 0 bridgehead atoms. The number of hydrogen-bond acceptors (Lipinski definition) is 2. The van der Waals surface area contributed by atoms with E-state index in [1.165, 1.54) is 0 Å². The number of rotatable bonds is 3. The highest BCUT2D eigenvalue weighted by atomic mass is 16.4. The minimum Gasteiger partial charge on any atom is -0.508 e. The Morgan fingerprint density at radius 3 is 1.94 bits per heavy atom. The number of phenolic OH excluding ortho intramolecular Hbond substituents is 1. The third kappa shape index (κ3) is 3.01. The Balaban J connectivity index is 2.12. The number of nitrogens with one attached hydrogen (secondary N) is 1. The molecule has 0 saturated carbocycles. The predicted molar refractivity (Wildman–Crippen MR) is 68.4 cm³/mol. The van der Waals surface area contributed by atoms with Gasteiger partial charge in [0.2, 0.25) is 0 Å². The molecule has 0 aromatic heterocycles. The van der Waals surface area contributed by atoms with E-state index in [4.69, 9.17) is 5.11 Å². The highest BCUT2D eigenvalue weighted by Crippen LogP contribution is 2.22. The van der Waals surface area contributed by atoms with Gasteiger partial charge in [0.05, 0.1) is 0 Å². The number of aromatic hydroxyl groups is 1. The third-order valence-electron chi connectivity index (χ3n) is 2.60. The smallest absolute Gasteiger partial charge is 0.404 e. The summed E-state index contributed by atoms with van der Waals surface area (Å²) in [5.74, 6) is 0.237. The number of phenols is 1. The van der Waals surface area contributed by atoms with Gasteiger partial charge in [0.25, 0.3) is 0 Å². The predicted octanol–water partition coefficient (Wildman–Crippen LogP) is 2.83. The van der Waals surface area contributed by atoms with Crippen LogP contribution in [-0.4, -0.2) is 16.3 Å². The van der Waals surface area contributed by atoms with E-state index in [1.807, 2.05) is 36.4 Å². The summed E-state index contributed by atoms with van der Waals surface area (Å²) in [5, 5.41) is 20.0. The van der Waals surface area contributed by atoms with Gasteiger partial charge in [-0.15, -0.1) is 0 Å². The fourth-order valence-electron chi connectivity index (χ4n) is 1.65. The van der Waals surface area contributed by atoms with Gasteiger partial charge in [-0.3, -0.25) is 0 Å². The molecule has 0 radical (unpaired) electrons. The molecule has 0 saturated heterocycles. The summed E-state index contributed by atoms with van der Waals surface area (Å²) in [6, 6.07) is 14.5. The number of amides is 1. The summed E-state index contributed by atoms with van der Waals surface area (Å²) in [7, 11) is 0. The van der Waals surface area contributed by atoms with Crippen LogP contribution in [0.15, 0.2) is 48.5 Å². The second-order valence-electron chi connectivity index (χ2n) is 3.90. The summed E-state index contributed by atoms with van der Waals surface area (Å²) in [6.07, 6.45) is -1.03. The molecule has 2 aromatic rings. The van der Waals surface area contributed by atoms with E-state index in [-0.39, 0.29) is 5.75 Å². The molecule has 0 heterocycles. The molecule has 2 rings (SSSR count). The molecule has 0 aliphatic heterocycles. The first-order chi connectivity index (χ1) is 8.65. The Hall–Kier alpha value is -2.49. The van der Waals surface area contributed by atoms with Gasteiger partial charge in [0.15, 0.2) is 0 Å². The molecule has 0 aliphatic rings. The SMILES string of the molecule is O=C(O)NCc1ccc(-c2ccc(O)cc2)cc1. The van der Waals surface area contributed by atoms with Gasteiger partial charge in [-0.25, -0.2) is 4.79 Å². The van der Waals surface area contributed by atoms with Crippen LogP contribution in [0.3, 0.4) is 0 Å². The lowest BCUT2D eigenvalue weighted by atomic mass is 10.0. The highest BCUT2D eigenvalue weighted by molar-refractivity contribution is 5.65. The van der Waals surface area contributed by atoms with Crippen LogP contribution < -0.4 is 5.32 Å². The fraction of sp³-hybridized carbons (Fsp3) is 0.0714. The molecule has 0 aliphatic carbocycles. The Morgan fingerprint density at radius 2 is 1.44 bits per heavy atom. The van der Waals surface area contributed by atoms with Crippen LogP contribution in [0.2, 0.25) is 0 Å². The van der Waals surface area contributed by atoms with E-state index in [1.54, 1.807) is 12.1 Å². The zero-order chi connectivity index (χ0) is 13.0. The van der Waals surface area contributed by atoms with Gasteiger partial charge in [-0.05, 0) is 28.8 Å². The zero-order valence-electron chi connectivity index (χ0n) is 9.63. The van der Waals surface area contributed by atoms with Crippen molar-refractivity contribution in [2.45, 2.75) is 6.54 Å². The normalized spacial score (nSPS) is 10.0. The molecule has 0 spiro atoms. The van der Waals surface area contributed by atoms with Crippen LogP contribution in [0.25, 0.3) is 11.1 Å². The highest BCUT2D eigenvalue weighted by Gasteiger charge is 1.99. The minimum atomic E-state index is -1.03. The van der Waals surface area contributed by atoms with E-state index >= 15 is 0 Å². The molecule has 0 fully saturated rings. The van der Waals surface area contributed by atoms with E-state index in [9.17, 15) is 9.90 Å². The van der Waals surface area contributed by atoms with Crippen molar-refractivity contribution < 1.29 is 15.0 Å². The maximum Gasteiger partial charge on any atom is 0.404 e. The first kappa shape index (κ1) is 12.0. The van der Waals surface area contributed by atoms with E-state index < -0.39 is 6.09 Å². The van der Waals surface area contributed by atoms with Crippen molar-refractivity contribution in [1.82, 2.24) is 5.32 Å². The molecule has 4 heteroatoms. The Kier molecular flexibility index (Phi) is 3.48. The van der Waals surface area contributed by atoms with Gasteiger partial charge in [-0.1, -0.05) is 36.4 Å². The summed E-state index contributed by atoms with van der Waals surface area (Å²) in [5.41, 5.74) is 2.93. The molecule has 0 atom stereocenters.